The monoisotopic (exact) mass is 567 g/mol. The Morgan fingerprint density at radius 1 is 1.10 bits per heavy atom. The molecule has 0 fully saturated rings. The molecule has 0 aliphatic rings. The molecular formula is C21H28Cl2IN3O3. The van der Waals surface area contributed by atoms with Gasteiger partial charge in [0.05, 0.1) is 19.3 Å². The fourth-order valence-electron chi connectivity index (χ4n) is 2.57. The van der Waals surface area contributed by atoms with Crippen LogP contribution in [0.5, 0.6) is 5.75 Å². The van der Waals surface area contributed by atoms with E-state index in [9.17, 15) is 5.11 Å². The Kier molecular flexibility index (Phi) is 13.1. The summed E-state index contributed by atoms with van der Waals surface area (Å²) in [5, 5.41) is 17.7. The van der Waals surface area contributed by atoms with Crippen molar-refractivity contribution in [2.75, 3.05) is 33.4 Å². The Balaban J connectivity index is 0.00000450. The molecule has 166 valence electrons. The van der Waals surface area contributed by atoms with Crippen LogP contribution in [0.3, 0.4) is 0 Å². The van der Waals surface area contributed by atoms with Crippen molar-refractivity contribution in [2.24, 2.45) is 4.99 Å². The molecule has 0 bridgehead atoms. The van der Waals surface area contributed by atoms with Crippen LogP contribution in [0.15, 0.2) is 47.5 Å². The molecule has 0 saturated heterocycles. The van der Waals surface area contributed by atoms with Crippen LogP contribution >= 0.6 is 47.2 Å². The highest BCUT2D eigenvalue weighted by molar-refractivity contribution is 14.0. The molecular weight excluding hydrogens is 540 g/mol. The number of methoxy groups -OCH3 is 1. The van der Waals surface area contributed by atoms with Gasteiger partial charge in [-0.15, -0.1) is 24.0 Å². The lowest BCUT2D eigenvalue weighted by atomic mass is 10.1. The second kappa shape index (κ2) is 14.7. The fraction of sp³-hybridized carbons (Fsp3) is 0.381. The summed E-state index contributed by atoms with van der Waals surface area (Å²) >= 11 is 12.0. The maximum absolute atomic E-state index is 10.4. The lowest BCUT2D eigenvalue weighted by molar-refractivity contribution is 0.146. The molecule has 0 radical (unpaired) electrons. The number of nitrogens with zero attached hydrogens (tertiary/aromatic N) is 1. The number of guanidine groups is 1. The summed E-state index contributed by atoms with van der Waals surface area (Å²) in [7, 11) is 1.64. The van der Waals surface area contributed by atoms with E-state index in [1.165, 1.54) is 0 Å². The molecule has 9 heteroatoms. The summed E-state index contributed by atoms with van der Waals surface area (Å²) in [5.41, 5.74) is 1.66. The van der Waals surface area contributed by atoms with Crippen LogP contribution in [-0.2, 0) is 11.3 Å². The Morgan fingerprint density at radius 2 is 1.83 bits per heavy atom. The minimum Gasteiger partial charge on any atom is -0.491 e. The third-order valence-electron chi connectivity index (χ3n) is 3.95. The number of aliphatic imine (C=N–C) groups is 1. The van der Waals surface area contributed by atoms with Crippen LogP contribution in [0.4, 0.5) is 0 Å². The Bertz CT molecular complexity index is 789. The van der Waals surface area contributed by atoms with Crippen molar-refractivity contribution >= 4 is 53.1 Å². The second-order valence-electron chi connectivity index (χ2n) is 6.28. The highest BCUT2D eigenvalue weighted by Crippen LogP contribution is 2.23. The van der Waals surface area contributed by atoms with Crippen LogP contribution in [0, 0.1) is 0 Å². The predicted octanol–water partition coefficient (Wildman–Crippen LogP) is 4.43. The lowest BCUT2D eigenvalue weighted by Gasteiger charge is -2.16. The number of aliphatic hydroxyl groups excluding tert-OH is 1. The summed E-state index contributed by atoms with van der Waals surface area (Å²) in [5.74, 6) is 1.38. The smallest absolute Gasteiger partial charge is 0.191 e. The Hall–Kier alpha value is -1.26. The molecule has 0 saturated carbocycles. The van der Waals surface area contributed by atoms with Crippen LogP contribution in [0.2, 0.25) is 10.0 Å². The number of halogens is 3. The van der Waals surface area contributed by atoms with E-state index in [4.69, 9.17) is 32.7 Å². The van der Waals surface area contributed by atoms with Crippen molar-refractivity contribution in [1.29, 1.82) is 0 Å². The van der Waals surface area contributed by atoms with Gasteiger partial charge >= 0.3 is 0 Å². The van der Waals surface area contributed by atoms with Gasteiger partial charge in [0.25, 0.3) is 0 Å². The molecule has 0 amide bonds. The largest absolute Gasteiger partial charge is 0.491 e. The minimum atomic E-state index is -0.771. The molecule has 1 unspecified atom stereocenters. The zero-order valence-corrected chi connectivity index (χ0v) is 20.9. The molecule has 0 heterocycles. The number of aliphatic hydroxyl groups is 1. The van der Waals surface area contributed by atoms with Gasteiger partial charge in [-0.2, -0.15) is 0 Å². The Labute approximate surface area is 205 Å². The minimum absolute atomic E-state index is 0. The topological polar surface area (TPSA) is 75.1 Å². The molecule has 2 aromatic carbocycles. The van der Waals surface area contributed by atoms with Gasteiger partial charge < -0.3 is 25.2 Å². The van der Waals surface area contributed by atoms with E-state index in [0.29, 0.717) is 47.9 Å². The number of hydrogen-bond acceptors (Lipinski definition) is 4. The number of nitrogens with one attached hydrogen (secondary N) is 2. The first-order valence-electron chi connectivity index (χ1n) is 9.38. The molecule has 0 aliphatic heterocycles. The van der Waals surface area contributed by atoms with Crippen molar-refractivity contribution in [3.8, 4) is 5.75 Å². The van der Waals surface area contributed by atoms with Crippen LogP contribution in [0.25, 0.3) is 0 Å². The van der Waals surface area contributed by atoms with Crippen LogP contribution in [-0.4, -0.2) is 44.5 Å². The highest BCUT2D eigenvalue weighted by atomic mass is 127. The van der Waals surface area contributed by atoms with Gasteiger partial charge in [0.15, 0.2) is 5.96 Å². The first-order chi connectivity index (χ1) is 14.0. The summed E-state index contributed by atoms with van der Waals surface area (Å²) in [6, 6.07) is 12.8. The highest BCUT2D eigenvalue weighted by Gasteiger charge is 2.10. The van der Waals surface area contributed by atoms with Crippen molar-refractivity contribution < 1.29 is 14.6 Å². The molecule has 0 spiro atoms. The van der Waals surface area contributed by atoms with Gasteiger partial charge in [0, 0.05) is 30.2 Å². The zero-order chi connectivity index (χ0) is 21.1. The first-order valence-corrected chi connectivity index (χ1v) is 10.1. The first kappa shape index (κ1) is 26.8. The average Bonchev–Trinajstić information content (AvgIpc) is 2.69. The van der Waals surface area contributed by atoms with E-state index in [-0.39, 0.29) is 30.5 Å². The third-order valence-corrected chi connectivity index (χ3v) is 4.39. The second-order valence-corrected chi connectivity index (χ2v) is 7.16. The summed E-state index contributed by atoms with van der Waals surface area (Å²) in [6.07, 6.45) is -0.771. The Morgan fingerprint density at radius 3 is 2.50 bits per heavy atom. The van der Waals surface area contributed by atoms with E-state index < -0.39 is 6.10 Å². The maximum Gasteiger partial charge on any atom is 0.191 e. The van der Waals surface area contributed by atoms with E-state index in [1.807, 2.05) is 31.2 Å². The number of ether oxygens (including phenoxy) is 2. The van der Waals surface area contributed by atoms with Crippen LogP contribution in [0.1, 0.15) is 24.2 Å². The van der Waals surface area contributed by atoms with E-state index in [2.05, 4.69) is 15.6 Å². The molecule has 0 aromatic heterocycles. The third kappa shape index (κ3) is 9.70. The normalized spacial score (nSPS) is 12.1. The van der Waals surface area contributed by atoms with Crippen LogP contribution < -0.4 is 15.4 Å². The van der Waals surface area contributed by atoms with Crippen molar-refractivity contribution in [3.05, 3.63) is 63.6 Å². The SMILES string of the molecule is CCNC(=NCc1cccc(OCCOC)c1)NCC(O)c1cc(Cl)cc(Cl)c1.I. The van der Waals surface area contributed by atoms with E-state index in [1.54, 1.807) is 25.3 Å². The van der Waals surface area contributed by atoms with Gasteiger partial charge in [-0.25, -0.2) is 4.99 Å². The van der Waals surface area contributed by atoms with Crippen molar-refractivity contribution in [2.45, 2.75) is 19.6 Å². The molecule has 6 nitrogen and oxygen atoms in total. The lowest BCUT2D eigenvalue weighted by Crippen LogP contribution is -2.39. The van der Waals surface area contributed by atoms with Crippen molar-refractivity contribution in [3.63, 3.8) is 0 Å². The number of rotatable bonds is 10. The van der Waals surface area contributed by atoms with Gasteiger partial charge in [-0.3, -0.25) is 0 Å². The molecule has 30 heavy (non-hydrogen) atoms. The molecule has 3 N–H and O–H groups in total. The number of benzene rings is 2. The van der Waals surface area contributed by atoms with Gasteiger partial charge in [0.2, 0.25) is 0 Å². The predicted molar refractivity (Wildman–Crippen MR) is 133 cm³/mol. The van der Waals surface area contributed by atoms with E-state index >= 15 is 0 Å². The van der Waals surface area contributed by atoms with Gasteiger partial charge in [-0.1, -0.05) is 35.3 Å². The standard InChI is InChI=1S/C21H27Cl2N3O3.HI/c1-3-24-21(26-14-20(27)16-10-17(22)12-18(23)11-16)25-13-15-5-4-6-19(9-15)29-8-7-28-2;/h4-6,9-12,20,27H,3,7-8,13-14H2,1-2H3,(H2,24,25,26);1H. The number of hydrogen-bond donors (Lipinski definition) is 3. The van der Waals surface area contributed by atoms with E-state index in [0.717, 1.165) is 11.3 Å². The zero-order valence-electron chi connectivity index (χ0n) is 17.0. The summed E-state index contributed by atoms with van der Waals surface area (Å²) in [4.78, 5) is 4.57. The maximum atomic E-state index is 10.4. The summed E-state index contributed by atoms with van der Waals surface area (Å²) in [6.45, 7) is 4.45. The molecule has 2 aromatic rings. The summed E-state index contributed by atoms with van der Waals surface area (Å²) < 4.78 is 10.6. The molecule has 1 atom stereocenters. The fourth-order valence-corrected chi connectivity index (χ4v) is 3.11. The average molecular weight is 568 g/mol. The quantitative estimate of drug-likeness (QED) is 0.171. The molecule has 0 aliphatic carbocycles. The van der Waals surface area contributed by atoms with Crippen molar-refractivity contribution in [1.82, 2.24) is 10.6 Å². The van der Waals surface area contributed by atoms with Gasteiger partial charge in [-0.05, 0) is 48.4 Å². The molecule has 2 rings (SSSR count). The van der Waals surface area contributed by atoms with Gasteiger partial charge in [0.1, 0.15) is 12.4 Å².